The topological polar surface area (TPSA) is 41.1 Å². The Balaban J connectivity index is 2.17. The molecular weight excluding hydrogens is 164 g/mol. The molecule has 0 spiro atoms. The number of hydrogen-bond acceptors (Lipinski definition) is 2. The molecule has 2 rings (SSSR count). The zero-order chi connectivity index (χ0) is 9.42. The summed E-state index contributed by atoms with van der Waals surface area (Å²) in [5.41, 5.74) is 0. The summed E-state index contributed by atoms with van der Waals surface area (Å²) in [5.74, 6) is 0.746. The van der Waals surface area contributed by atoms with Crippen LogP contribution in [-0.4, -0.2) is 24.0 Å². The van der Waals surface area contributed by atoms with E-state index < -0.39 is 0 Å². The van der Waals surface area contributed by atoms with Gasteiger partial charge >= 0.3 is 0 Å². The van der Waals surface area contributed by atoms with E-state index in [0.717, 1.165) is 6.42 Å². The molecule has 3 heteroatoms. The standard InChI is InChI=1S/C10H18N2O/c1-6-7(2)11-10(13)9-5-3-4-8(6)12-9/h6-9,12H,3-5H2,1-2H3,(H,11,13). The fourth-order valence-corrected chi connectivity index (χ4v) is 2.39. The van der Waals surface area contributed by atoms with E-state index in [-0.39, 0.29) is 11.9 Å². The first-order valence-electron chi connectivity index (χ1n) is 5.25. The molecule has 0 aromatic heterocycles. The third-order valence-corrected chi connectivity index (χ3v) is 3.53. The summed E-state index contributed by atoms with van der Waals surface area (Å²) in [7, 11) is 0. The number of carbonyl (C=O) groups is 1. The van der Waals surface area contributed by atoms with Gasteiger partial charge in [0.05, 0.1) is 6.04 Å². The summed E-state index contributed by atoms with van der Waals surface area (Å²) in [4.78, 5) is 11.6. The van der Waals surface area contributed by atoms with Crippen molar-refractivity contribution in [2.24, 2.45) is 5.92 Å². The molecule has 4 unspecified atom stereocenters. The first kappa shape index (κ1) is 9.00. The normalized spacial score (nSPS) is 45.2. The molecule has 13 heavy (non-hydrogen) atoms. The first-order chi connectivity index (χ1) is 6.18. The quantitative estimate of drug-likeness (QED) is 0.577. The van der Waals surface area contributed by atoms with Gasteiger partial charge in [0.15, 0.2) is 0 Å². The van der Waals surface area contributed by atoms with Crippen LogP contribution >= 0.6 is 0 Å². The third-order valence-electron chi connectivity index (χ3n) is 3.53. The van der Waals surface area contributed by atoms with Gasteiger partial charge in [-0.3, -0.25) is 4.79 Å². The molecule has 2 aliphatic heterocycles. The SMILES string of the molecule is CC1NC(=O)C2CCCC(N2)C1C. The van der Waals surface area contributed by atoms with Crippen molar-refractivity contribution in [3.05, 3.63) is 0 Å². The van der Waals surface area contributed by atoms with Crippen molar-refractivity contribution in [2.45, 2.75) is 51.2 Å². The predicted molar refractivity (Wildman–Crippen MR) is 51.3 cm³/mol. The number of piperidine rings is 1. The summed E-state index contributed by atoms with van der Waals surface area (Å²) >= 11 is 0. The first-order valence-corrected chi connectivity index (χ1v) is 5.25. The summed E-state index contributed by atoms with van der Waals surface area (Å²) in [6, 6.07) is 0.923. The maximum Gasteiger partial charge on any atom is 0.237 e. The Morgan fingerprint density at radius 3 is 2.85 bits per heavy atom. The molecule has 0 saturated carbocycles. The van der Waals surface area contributed by atoms with Crippen molar-refractivity contribution >= 4 is 5.91 Å². The van der Waals surface area contributed by atoms with E-state index in [1.807, 2.05) is 0 Å². The van der Waals surface area contributed by atoms with Crippen molar-refractivity contribution in [2.75, 3.05) is 0 Å². The molecule has 3 nitrogen and oxygen atoms in total. The fourth-order valence-electron chi connectivity index (χ4n) is 2.39. The van der Waals surface area contributed by atoms with Gasteiger partial charge in [0.2, 0.25) is 5.91 Å². The van der Waals surface area contributed by atoms with Crippen molar-refractivity contribution in [3.63, 3.8) is 0 Å². The van der Waals surface area contributed by atoms with Gasteiger partial charge in [0, 0.05) is 12.1 Å². The molecule has 0 radical (unpaired) electrons. The second-order valence-corrected chi connectivity index (χ2v) is 4.41. The molecule has 0 aromatic carbocycles. The molecule has 2 N–H and O–H groups in total. The maximum atomic E-state index is 11.6. The highest BCUT2D eigenvalue weighted by molar-refractivity contribution is 5.82. The molecule has 1 amide bonds. The van der Waals surface area contributed by atoms with Gasteiger partial charge in [-0.2, -0.15) is 0 Å². The molecule has 2 fully saturated rings. The minimum absolute atomic E-state index is 0.0751. The lowest BCUT2D eigenvalue weighted by Crippen LogP contribution is -2.48. The van der Waals surface area contributed by atoms with E-state index in [9.17, 15) is 4.79 Å². The van der Waals surface area contributed by atoms with Crippen molar-refractivity contribution in [1.82, 2.24) is 10.6 Å². The fraction of sp³-hybridized carbons (Fsp3) is 0.900. The minimum atomic E-state index is 0.0751. The van der Waals surface area contributed by atoms with Crippen molar-refractivity contribution in [3.8, 4) is 0 Å². The smallest absolute Gasteiger partial charge is 0.237 e. The molecule has 2 heterocycles. The van der Waals surface area contributed by atoms with Crippen LogP contribution < -0.4 is 10.6 Å². The van der Waals surface area contributed by atoms with Crippen LogP contribution in [0.2, 0.25) is 0 Å². The molecule has 74 valence electrons. The predicted octanol–water partition coefficient (Wildman–Crippen LogP) is 0.651. The van der Waals surface area contributed by atoms with Gasteiger partial charge in [-0.05, 0) is 32.1 Å². The Morgan fingerprint density at radius 2 is 2.08 bits per heavy atom. The zero-order valence-corrected chi connectivity index (χ0v) is 8.34. The number of rotatable bonds is 0. The van der Waals surface area contributed by atoms with Gasteiger partial charge in [-0.1, -0.05) is 6.92 Å². The van der Waals surface area contributed by atoms with Crippen LogP contribution in [0.4, 0.5) is 0 Å². The Bertz CT molecular complexity index is 217. The average Bonchev–Trinajstić information content (AvgIpc) is 2.21. The van der Waals surface area contributed by atoms with Crippen LogP contribution in [0.3, 0.4) is 0 Å². The second-order valence-electron chi connectivity index (χ2n) is 4.41. The van der Waals surface area contributed by atoms with Crippen LogP contribution in [0.25, 0.3) is 0 Å². The molecule has 0 aliphatic carbocycles. The highest BCUT2D eigenvalue weighted by Crippen LogP contribution is 2.23. The Labute approximate surface area is 79.3 Å². The Morgan fingerprint density at radius 1 is 1.31 bits per heavy atom. The number of hydrogen-bond donors (Lipinski definition) is 2. The molecule has 2 bridgehead atoms. The van der Waals surface area contributed by atoms with E-state index in [2.05, 4.69) is 24.5 Å². The van der Waals surface area contributed by atoms with Gasteiger partial charge in [0.25, 0.3) is 0 Å². The Kier molecular flexibility index (Phi) is 2.28. The molecule has 0 aromatic rings. The van der Waals surface area contributed by atoms with Crippen molar-refractivity contribution in [1.29, 1.82) is 0 Å². The summed E-state index contributed by atoms with van der Waals surface area (Å²) in [5, 5.41) is 6.49. The van der Waals surface area contributed by atoms with E-state index >= 15 is 0 Å². The van der Waals surface area contributed by atoms with Gasteiger partial charge < -0.3 is 10.6 Å². The average molecular weight is 182 g/mol. The summed E-state index contributed by atoms with van der Waals surface area (Å²) in [6.45, 7) is 4.32. The van der Waals surface area contributed by atoms with Gasteiger partial charge in [-0.25, -0.2) is 0 Å². The largest absolute Gasteiger partial charge is 0.352 e. The lowest BCUT2D eigenvalue weighted by Gasteiger charge is -2.30. The monoisotopic (exact) mass is 182 g/mol. The molecule has 4 atom stereocenters. The van der Waals surface area contributed by atoms with E-state index in [1.165, 1.54) is 12.8 Å². The summed E-state index contributed by atoms with van der Waals surface area (Å²) < 4.78 is 0. The highest BCUT2D eigenvalue weighted by Gasteiger charge is 2.35. The highest BCUT2D eigenvalue weighted by atomic mass is 16.2. The van der Waals surface area contributed by atoms with Crippen LogP contribution in [0.15, 0.2) is 0 Å². The van der Waals surface area contributed by atoms with Gasteiger partial charge in [0.1, 0.15) is 0 Å². The Hall–Kier alpha value is -0.570. The molecule has 2 aliphatic rings. The molecular formula is C10H18N2O. The lowest BCUT2D eigenvalue weighted by atomic mass is 9.88. The maximum absolute atomic E-state index is 11.6. The number of carbonyl (C=O) groups excluding carboxylic acids is 1. The van der Waals surface area contributed by atoms with Crippen LogP contribution in [-0.2, 0) is 4.79 Å². The van der Waals surface area contributed by atoms with Gasteiger partial charge in [-0.15, -0.1) is 0 Å². The number of fused-ring (bicyclic) bond motifs is 2. The second kappa shape index (κ2) is 3.29. The van der Waals surface area contributed by atoms with Crippen LogP contribution in [0.5, 0.6) is 0 Å². The third kappa shape index (κ3) is 1.57. The zero-order valence-electron chi connectivity index (χ0n) is 8.34. The van der Waals surface area contributed by atoms with Crippen LogP contribution in [0, 0.1) is 5.92 Å². The minimum Gasteiger partial charge on any atom is -0.352 e. The van der Waals surface area contributed by atoms with E-state index in [1.54, 1.807) is 0 Å². The van der Waals surface area contributed by atoms with Crippen molar-refractivity contribution < 1.29 is 4.79 Å². The number of nitrogens with one attached hydrogen (secondary N) is 2. The summed E-state index contributed by atoms with van der Waals surface area (Å²) in [6.07, 6.45) is 3.41. The van der Waals surface area contributed by atoms with E-state index in [4.69, 9.17) is 0 Å². The lowest BCUT2D eigenvalue weighted by molar-refractivity contribution is -0.123. The number of amides is 1. The molecule has 2 saturated heterocycles. The van der Waals surface area contributed by atoms with Crippen LogP contribution in [0.1, 0.15) is 33.1 Å². The van der Waals surface area contributed by atoms with E-state index in [0.29, 0.717) is 18.0 Å².